The normalized spacial score (nSPS) is 15.4. The number of methoxy groups -OCH3 is 1. The highest BCUT2D eigenvalue weighted by molar-refractivity contribution is 5.98. The molecule has 0 atom stereocenters. The van der Waals surface area contributed by atoms with E-state index in [-0.39, 0.29) is 23.0 Å². The predicted molar refractivity (Wildman–Crippen MR) is 137 cm³/mol. The van der Waals surface area contributed by atoms with Gasteiger partial charge >= 0.3 is 6.18 Å². The lowest BCUT2D eigenvalue weighted by molar-refractivity contribution is -0.137. The first kappa shape index (κ1) is 25.7. The Bertz CT molecular complexity index is 1390. The van der Waals surface area contributed by atoms with E-state index in [1.165, 1.54) is 11.8 Å². The standard InChI is InChI=1S/C26H28F3N7O2/c1-36-6-4-14-9-22(38-2)21(8-16(14)13-36)34-25-32-12-19(23(30)37)24(35-25)33-20-10-17(26(27,28)29)7-15-11-31-5-3-18(15)20/h7-10,12,31H,3-6,11,13H2,1-2H3,(H2,30,37)(H2,32,33,34,35). The van der Waals surface area contributed by atoms with Gasteiger partial charge in [0.05, 0.1) is 18.4 Å². The number of carbonyl (C=O) groups is 1. The maximum absolute atomic E-state index is 13.6. The van der Waals surface area contributed by atoms with Crippen LogP contribution in [0.25, 0.3) is 0 Å². The molecule has 0 aliphatic carbocycles. The second kappa shape index (κ2) is 10.1. The first-order valence-corrected chi connectivity index (χ1v) is 12.2. The molecule has 0 unspecified atom stereocenters. The van der Waals surface area contributed by atoms with Crippen molar-refractivity contribution in [1.82, 2.24) is 20.2 Å². The summed E-state index contributed by atoms with van der Waals surface area (Å²) in [6, 6.07) is 6.13. The van der Waals surface area contributed by atoms with Crippen LogP contribution in [0.5, 0.6) is 5.75 Å². The first-order chi connectivity index (χ1) is 18.1. The monoisotopic (exact) mass is 527 g/mol. The van der Waals surface area contributed by atoms with Crippen molar-refractivity contribution in [3.8, 4) is 5.75 Å². The summed E-state index contributed by atoms with van der Waals surface area (Å²) in [5.74, 6) is -0.0741. The number of anilines is 4. The Balaban J connectivity index is 1.53. The van der Waals surface area contributed by atoms with Crippen molar-refractivity contribution >= 4 is 29.0 Å². The second-order valence-electron chi connectivity index (χ2n) is 9.47. The highest BCUT2D eigenvalue weighted by Crippen LogP contribution is 2.37. The van der Waals surface area contributed by atoms with Crippen molar-refractivity contribution in [3.63, 3.8) is 0 Å². The van der Waals surface area contributed by atoms with E-state index in [1.54, 1.807) is 7.11 Å². The topological polar surface area (TPSA) is 117 Å². The van der Waals surface area contributed by atoms with Crippen LogP contribution in [0.1, 0.15) is 38.2 Å². The number of rotatable bonds is 6. The fourth-order valence-electron chi connectivity index (χ4n) is 4.86. The molecule has 0 spiro atoms. The van der Waals surface area contributed by atoms with Crippen LogP contribution in [0.2, 0.25) is 0 Å². The molecule has 2 aromatic carbocycles. The minimum atomic E-state index is -4.54. The van der Waals surface area contributed by atoms with Gasteiger partial charge in [0.15, 0.2) is 0 Å². The van der Waals surface area contributed by atoms with Gasteiger partial charge in [0.2, 0.25) is 5.95 Å². The molecule has 200 valence electrons. The number of ether oxygens (including phenoxy) is 1. The fraction of sp³-hybridized carbons (Fsp3) is 0.346. The molecule has 1 aromatic heterocycles. The maximum Gasteiger partial charge on any atom is 0.416 e. The maximum atomic E-state index is 13.6. The molecule has 2 aliphatic heterocycles. The summed E-state index contributed by atoms with van der Waals surface area (Å²) in [6.45, 7) is 2.64. The van der Waals surface area contributed by atoms with Gasteiger partial charge in [-0.3, -0.25) is 4.79 Å². The van der Waals surface area contributed by atoms with E-state index in [4.69, 9.17) is 10.5 Å². The van der Waals surface area contributed by atoms with Crippen LogP contribution in [-0.2, 0) is 32.1 Å². The van der Waals surface area contributed by atoms with Crippen LogP contribution in [0.15, 0.2) is 30.5 Å². The summed E-state index contributed by atoms with van der Waals surface area (Å²) in [6.07, 6.45) is -1.87. The molecule has 3 aromatic rings. The van der Waals surface area contributed by atoms with Gasteiger partial charge in [-0.15, -0.1) is 0 Å². The summed E-state index contributed by atoms with van der Waals surface area (Å²) < 4.78 is 46.5. The highest BCUT2D eigenvalue weighted by atomic mass is 19.4. The molecule has 0 saturated heterocycles. The Kier molecular flexibility index (Phi) is 6.84. The number of carbonyl (C=O) groups excluding carboxylic acids is 1. The molecule has 12 heteroatoms. The summed E-state index contributed by atoms with van der Waals surface area (Å²) in [4.78, 5) is 23.0. The van der Waals surface area contributed by atoms with E-state index < -0.39 is 17.6 Å². The van der Waals surface area contributed by atoms with Gasteiger partial charge < -0.3 is 31.3 Å². The number of aromatic nitrogens is 2. The van der Waals surface area contributed by atoms with Gasteiger partial charge in [-0.25, -0.2) is 4.98 Å². The number of primary amides is 1. The van der Waals surface area contributed by atoms with E-state index in [1.807, 2.05) is 19.2 Å². The molecule has 3 heterocycles. The number of amides is 1. The number of alkyl halides is 3. The average molecular weight is 528 g/mol. The van der Waals surface area contributed by atoms with Crippen LogP contribution in [-0.4, -0.2) is 48.0 Å². The summed E-state index contributed by atoms with van der Waals surface area (Å²) >= 11 is 0. The zero-order valence-electron chi connectivity index (χ0n) is 21.0. The largest absolute Gasteiger partial charge is 0.495 e. The van der Waals surface area contributed by atoms with Gasteiger partial charge in [-0.05, 0) is 73.0 Å². The summed E-state index contributed by atoms with van der Waals surface area (Å²) in [5, 5.41) is 9.17. The minimum absolute atomic E-state index is 0.00622. The van der Waals surface area contributed by atoms with Crippen LogP contribution in [0.4, 0.5) is 36.3 Å². The molecule has 9 nitrogen and oxygen atoms in total. The summed E-state index contributed by atoms with van der Waals surface area (Å²) in [7, 11) is 3.62. The SMILES string of the molecule is COc1cc2c(cc1Nc1ncc(C(N)=O)c(Nc3cc(C(F)(F)F)cc4c3CCNC4)n1)CN(C)CC2. The number of fused-ring (bicyclic) bond motifs is 2. The Hall–Kier alpha value is -3.90. The van der Waals surface area contributed by atoms with Crippen LogP contribution < -0.4 is 26.4 Å². The smallest absolute Gasteiger partial charge is 0.416 e. The number of likely N-dealkylation sites (N-methyl/N-ethyl adjacent to an activating group) is 1. The van der Waals surface area contributed by atoms with E-state index in [0.717, 1.165) is 42.8 Å². The Labute approximate surface area is 217 Å². The molecule has 5 rings (SSSR count). The third kappa shape index (κ3) is 5.22. The van der Waals surface area contributed by atoms with Crippen molar-refractivity contribution in [2.45, 2.75) is 32.1 Å². The number of nitrogens with one attached hydrogen (secondary N) is 3. The molecule has 0 radical (unpaired) electrons. The zero-order valence-corrected chi connectivity index (χ0v) is 21.0. The van der Waals surface area contributed by atoms with Crippen LogP contribution in [0.3, 0.4) is 0 Å². The number of nitrogens with zero attached hydrogens (tertiary/aromatic N) is 3. The first-order valence-electron chi connectivity index (χ1n) is 12.2. The molecule has 38 heavy (non-hydrogen) atoms. The number of hydrogen-bond acceptors (Lipinski definition) is 8. The average Bonchev–Trinajstić information content (AvgIpc) is 2.87. The van der Waals surface area contributed by atoms with E-state index in [9.17, 15) is 18.0 Å². The second-order valence-corrected chi connectivity index (χ2v) is 9.47. The van der Waals surface area contributed by atoms with Gasteiger partial charge in [0, 0.05) is 31.5 Å². The predicted octanol–water partition coefficient (Wildman–Crippen LogP) is 3.72. The molecule has 2 aliphatic rings. The Morgan fingerprint density at radius 1 is 1.11 bits per heavy atom. The van der Waals surface area contributed by atoms with Crippen molar-refractivity contribution < 1.29 is 22.7 Å². The fourth-order valence-corrected chi connectivity index (χ4v) is 4.86. The molecular weight excluding hydrogens is 499 g/mol. The van der Waals surface area contributed by atoms with Gasteiger partial charge in [-0.2, -0.15) is 18.2 Å². The molecule has 0 saturated carbocycles. The molecule has 0 fully saturated rings. The van der Waals surface area contributed by atoms with Gasteiger partial charge in [0.1, 0.15) is 17.1 Å². The van der Waals surface area contributed by atoms with E-state index in [2.05, 4.69) is 30.8 Å². The Morgan fingerprint density at radius 3 is 2.66 bits per heavy atom. The van der Waals surface area contributed by atoms with Crippen molar-refractivity contribution in [3.05, 3.63) is 63.8 Å². The molecule has 5 N–H and O–H groups in total. The lowest BCUT2D eigenvalue weighted by Gasteiger charge is -2.26. The van der Waals surface area contributed by atoms with Gasteiger partial charge in [0.25, 0.3) is 5.91 Å². The number of benzene rings is 2. The third-order valence-corrected chi connectivity index (χ3v) is 6.82. The van der Waals surface area contributed by atoms with Crippen molar-refractivity contribution in [2.75, 3.05) is 37.9 Å². The number of nitrogens with two attached hydrogens (primary N) is 1. The third-order valence-electron chi connectivity index (χ3n) is 6.82. The van der Waals surface area contributed by atoms with Crippen molar-refractivity contribution in [1.29, 1.82) is 0 Å². The van der Waals surface area contributed by atoms with E-state index in [0.29, 0.717) is 36.5 Å². The lowest BCUT2D eigenvalue weighted by Crippen LogP contribution is -2.26. The van der Waals surface area contributed by atoms with Crippen molar-refractivity contribution in [2.24, 2.45) is 5.73 Å². The zero-order chi connectivity index (χ0) is 27.0. The minimum Gasteiger partial charge on any atom is -0.495 e. The van der Waals surface area contributed by atoms with Gasteiger partial charge in [-0.1, -0.05) is 0 Å². The number of hydrogen-bond donors (Lipinski definition) is 4. The summed E-state index contributed by atoms with van der Waals surface area (Å²) in [5.41, 5.74) is 9.15. The molecular formula is C26H28F3N7O2. The quantitative estimate of drug-likeness (QED) is 0.383. The van der Waals surface area contributed by atoms with Crippen LogP contribution >= 0.6 is 0 Å². The molecule has 0 bridgehead atoms. The molecule has 1 amide bonds. The van der Waals surface area contributed by atoms with E-state index >= 15 is 0 Å². The lowest BCUT2D eigenvalue weighted by atomic mass is 9.96. The number of halogens is 3. The van der Waals surface area contributed by atoms with Crippen LogP contribution in [0, 0.1) is 0 Å². The highest BCUT2D eigenvalue weighted by Gasteiger charge is 2.33. The Morgan fingerprint density at radius 2 is 1.92 bits per heavy atom.